The molecule has 4 rings (SSSR count). The van der Waals surface area contributed by atoms with Crippen LogP contribution < -0.4 is 0 Å². The van der Waals surface area contributed by atoms with Gasteiger partial charge in [0.25, 0.3) is 0 Å². The van der Waals surface area contributed by atoms with E-state index in [1.165, 1.54) is 24.3 Å². The number of pyridine rings is 1. The summed E-state index contributed by atoms with van der Waals surface area (Å²) in [6, 6.07) is 9.39. The Morgan fingerprint density at radius 2 is 1.53 bits per heavy atom. The minimum atomic E-state index is -5.09. The van der Waals surface area contributed by atoms with Crippen molar-refractivity contribution in [2.75, 3.05) is 0 Å². The minimum absolute atomic E-state index is 0.0549. The first-order valence-electron chi connectivity index (χ1n) is 10.1. The van der Waals surface area contributed by atoms with E-state index in [0.29, 0.717) is 35.4 Å². The smallest absolute Gasteiger partial charge is 0.416 e. The first-order chi connectivity index (χ1) is 15.9. The number of nitrogens with zero attached hydrogens (tertiary/aromatic N) is 1. The molecule has 34 heavy (non-hydrogen) atoms. The molecule has 3 nitrogen and oxygen atoms in total. The number of carbonyl (C=O) groups is 1. The van der Waals surface area contributed by atoms with Gasteiger partial charge in [-0.15, -0.1) is 0 Å². The summed E-state index contributed by atoms with van der Waals surface area (Å²) in [5.41, 5.74) is -2.13. The van der Waals surface area contributed by atoms with Crippen molar-refractivity contribution in [3.8, 4) is 0 Å². The van der Waals surface area contributed by atoms with Gasteiger partial charge in [-0.1, -0.05) is 18.2 Å². The molecular weight excluding hydrogens is 467 g/mol. The van der Waals surface area contributed by atoms with Gasteiger partial charge in [0.05, 0.1) is 16.7 Å². The zero-order valence-corrected chi connectivity index (χ0v) is 17.3. The van der Waals surface area contributed by atoms with Crippen LogP contribution in [0.2, 0.25) is 0 Å². The topological polar surface area (TPSA) is 39.2 Å². The Hall–Kier alpha value is -3.43. The third-order valence-corrected chi connectivity index (χ3v) is 5.61. The van der Waals surface area contributed by atoms with Crippen molar-refractivity contribution < 1.29 is 40.3 Å². The highest BCUT2D eigenvalue weighted by atomic mass is 19.4. The Morgan fingerprint density at radius 3 is 2.12 bits per heavy atom. The normalized spacial score (nSPS) is 18.3. The van der Waals surface area contributed by atoms with Gasteiger partial charge in [-0.2, -0.15) is 26.3 Å². The lowest BCUT2D eigenvalue weighted by molar-refractivity contribution is -0.143. The van der Waals surface area contributed by atoms with E-state index in [0.717, 1.165) is 0 Å². The fourth-order valence-corrected chi connectivity index (χ4v) is 4.06. The van der Waals surface area contributed by atoms with Gasteiger partial charge in [0, 0.05) is 17.8 Å². The van der Waals surface area contributed by atoms with Gasteiger partial charge in [0.2, 0.25) is 0 Å². The second kappa shape index (κ2) is 8.73. The van der Waals surface area contributed by atoms with Crippen molar-refractivity contribution in [3.05, 3.63) is 100 Å². The maximum absolute atomic E-state index is 13.5. The van der Waals surface area contributed by atoms with Crippen LogP contribution in [-0.4, -0.2) is 17.1 Å². The van der Waals surface area contributed by atoms with Gasteiger partial charge in [-0.3, -0.25) is 4.98 Å². The lowest BCUT2D eigenvalue weighted by atomic mass is 9.79. The molecule has 2 atom stereocenters. The Balaban J connectivity index is 1.71. The van der Waals surface area contributed by atoms with Gasteiger partial charge >= 0.3 is 18.3 Å². The van der Waals surface area contributed by atoms with Crippen molar-refractivity contribution in [1.29, 1.82) is 0 Å². The Morgan fingerprint density at radius 1 is 0.912 bits per heavy atom. The summed E-state index contributed by atoms with van der Waals surface area (Å²) in [5.74, 6) is -2.45. The zero-order chi connectivity index (χ0) is 24.7. The van der Waals surface area contributed by atoms with Crippen LogP contribution >= 0.6 is 0 Å². The number of ether oxygens (including phenoxy) is 1. The minimum Gasteiger partial charge on any atom is -0.458 e. The molecule has 0 spiro atoms. The van der Waals surface area contributed by atoms with Crippen molar-refractivity contribution in [1.82, 2.24) is 4.98 Å². The first-order valence-corrected chi connectivity index (χ1v) is 10.1. The molecule has 0 saturated heterocycles. The number of benzene rings is 2. The lowest BCUT2D eigenvalue weighted by Crippen LogP contribution is -2.32. The molecule has 178 valence electrons. The number of alkyl halides is 6. The maximum Gasteiger partial charge on any atom is 0.416 e. The Kier molecular flexibility index (Phi) is 6.09. The molecule has 2 aromatic carbocycles. The standard InChI is InChI=1S/C24H16F7NO2/c25-17-5-3-13(4-6-17)21-18-2-1-9-32-19(18)7-8-20(21)34-22(33)14-10-15(23(26,27)28)12-16(11-14)24(29,30)31/h1-6,9-12,20-21H,7-8H2/t20-,21-/m0/s1. The van der Waals surface area contributed by atoms with Gasteiger partial charge in [0.1, 0.15) is 11.9 Å². The summed E-state index contributed by atoms with van der Waals surface area (Å²) in [4.78, 5) is 17.1. The van der Waals surface area contributed by atoms with E-state index >= 15 is 0 Å². The van der Waals surface area contributed by atoms with Crippen LogP contribution in [0, 0.1) is 5.82 Å². The molecule has 0 saturated carbocycles. The van der Waals surface area contributed by atoms with Gasteiger partial charge in [-0.05, 0) is 60.4 Å². The molecular formula is C24H16F7NO2. The van der Waals surface area contributed by atoms with E-state index in [1.807, 2.05) is 0 Å². The summed E-state index contributed by atoms with van der Waals surface area (Å²) in [7, 11) is 0. The number of carbonyl (C=O) groups excluding carboxylic acids is 1. The fourth-order valence-electron chi connectivity index (χ4n) is 4.06. The highest BCUT2D eigenvalue weighted by molar-refractivity contribution is 5.90. The predicted octanol–water partition coefficient (Wildman–Crippen LogP) is 6.56. The molecule has 1 aromatic heterocycles. The van der Waals surface area contributed by atoms with E-state index in [9.17, 15) is 35.5 Å². The van der Waals surface area contributed by atoms with Crippen molar-refractivity contribution in [2.24, 2.45) is 0 Å². The van der Waals surface area contributed by atoms with Crippen LogP contribution in [-0.2, 0) is 23.5 Å². The van der Waals surface area contributed by atoms with Crippen LogP contribution in [0.1, 0.15) is 50.6 Å². The largest absolute Gasteiger partial charge is 0.458 e. The SMILES string of the molecule is O=C(O[C@H]1CCc2ncccc2[C@@H]1c1ccc(F)cc1)c1cc(C(F)(F)F)cc(C(F)(F)F)c1. The third-order valence-electron chi connectivity index (χ3n) is 5.61. The molecule has 3 aromatic rings. The highest BCUT2D eigenvalue weighted by Gasteiger charge is 2.39. The number of hydrogen-bond acceptors (Lipinski definition) is 3. The number of esters is 1. The van der Waals surface area contributed by atoms with E-state index in [1.54, 1.807) is 18.3 Å². The molecule has 0 bridgehead atoms. The summed E-state index contributed by atoms with van der Waals surface area (Å²) in [6.45, 7) is 0. The molecule has 1 aliphatic rings. The number of aryl methyl sites for hydroxylation is 1. The second-order valence-electron chi connectivity index (χ2n) is 7.85. The molecule has 0 N–H and O–H groups in total. The Bertz CT molecular complexity index is 1170. The second-order valence-corrected chi connectivity index (χ2v) is 7.85. The van der Waals surface area contributed by atoms with Gasteiger partial charge in [-0.25, -0.2) is 9.18 Å². The highest BCUT2D eigenvalue weighted by Crippen LogP contribution is 2.40. The lowest BCUT2D eigenvalue weighted by Gasteiger charge is -2.33. The third kappa shape index (κ3) is 4.90. The molecule has 0 fully saturated rings. The first kappa shape index (κ1) is 23.7. The summed E-state index contributed by atoms with van der Waals surface area (Å²) in [6.07, 6.45) is -8.93. The summed E-state index contributed by atoms with van der Waals surface area (Å²) < 4.78 is 98.0. The molecule has 0 unspecified atom stereocenters. The van der Waals surface area contributed by atoms with E-state index in [-0.39, 0.29) is 12.5 Å². The van der Waals surface area contributed by atoms with Crippen LogP contribution in [0.4, 0.5) is 30.7 Å². The number of halogens is 7. The van der Waals surface area contributed by atoms with E-state index < -0.39 is 52.9 Å². The molecule has 0 aliphatic heterocycles. The van der Waals surface area contributed by atoms with Crippen molar-refractivity contribution in [2.45, 2.75) is 37.2 Å². The average molecular weight is 483 g/mol. The van der Waals surface area contributed by atoms with E-state index in [4.69, 9.17) is 4.74 Å². The van der Waals surface area contributed by atoms with Crippen molar-refractivity contribution >= 4 is 5.97 Å². The number of aromatic nitrogens is 1. The average Bonchev–Trinajstić information content (AvgIpc) is 2.78. The fraction of sp³-hybridized carbons (Fsp3) is 0.250. The summed E-state index contributed by atoms with van der Waals surface area (Å²) >= 11 is 0. The van der Waals surface area contributed by atoms with Gasteiger partial charge in [0.15, 0.2) is 0 Å². The number of rotatable bonds is 3. The molecule has 10 heteroatoms. The molecule has 1 aliphatic carbocycles. The van der Waals surface area contributed by atoms with Gasteiger partial charge < -0.3 is 4.74 Å². The van der Waals surface area contributed by atoms with Crippen LogP contribution in [0.15, 0.2) is 60.8 Å². The predicted molar refractivity (Wildman–Crippen MR) is 106 cm³/mol. The van der Waals surface area contributed by atoms with Crippen LogP contribution in [0.3, 0.4) is 0 Å². The zero-order valence-electron chi connectivity index (χ0n) is 17.3. The molecule has 0 amide bonds. The summed E-state index contributed by atoms with van der Waals surface area (Å²) in [5, 5.41) is 0. The number of fused-ring (bicyclic) bond motifs is 1. The quantitative estimate of drug-likeness (QED) is 0.313. The van der Waals surface area contributed by atoms with Crippen LogP contribution in [0.25, 0.3) is 0 Å². The Labute approximate surface area is 189 Å². The van der Waals surface area contributed by atoms with E-state index in [2.05, 4.69) is 4.98 Å². The maximum atomic E-state index is 13.5. The van der Waals surface area contributed by atoms with Crippen molar-refractivity contribution in [3.63, 3.8) is 0 Å². The molecule has 1 heterocycles. The number of hydrogen-bond donors (Lipinski definition) is 0. The van der Waals surface area contributed by atoms with Crippen LogP contribution in [0.5, 0.6) is 0 Å². The molecule has 0 radical (unpaired) electrons. The monoisotopic (exact) mass is 483 g/mol.